The average Bonchev–Trinajstić information content (AvgIpc) is 2.40. The van der Waals surface area contributed by atoms with Crippen molar-refractivity contribution in [3.05, 3.63) is 0 Å². The molecule has 0 aliphatic heterocycles. The van der Waals surface area contributed by atoms with Crippen molar-refractivity contribution in [2.75, 3.05) is 40.1 Å². The Bertz CT molecular complexity index is 274. The second-order valence-corrected chi connectivity index (χ2v) is 5.67. The Morgan fingerprint density at radius 1 is 1.10 bits per heavy atom. The van der Waals surface area contributed by atoms with E-state index in [1.54, 1.807) is 7.11 Å². The van der Waals surface area contributed by atoms with Crippen LogP contribution in [0, 0.1) is 0 Å². The maximum atomic E-state index is 11.5. The van der Waals surface area contributed by atoms with Crippen LogP contribution in [-0.4, -0.2) is 57.6 Å². The highest BCUT2D eigenvalue weighted by Gasteiger charge is 2.30. The smallest absolute Gasteiger partial charge is 0.237 e. The molecular weight excluding hydrogens is 272 g/mol. The fourth-order valence-corrected chi connectivity index (χ4v) is 2.04. The third-order valence-electron chi connectivity index (χ3n) is 3.13. The summed E-state index contributed by atoms with van der Waals surface area (Å²) in [6.07, 6.45) is 2.33. The lowest BCUT2D eigenvalue weighted by Gasteiger charge is -2.29. The molecule has 0 bridgehead atoms. The predicted octanol–water partition coefficient (Wildman–Crippen LogP) is 1.08. The van der Waals surface area contributed by atoms with E-state index in [1.807, 2.05) is 20.8 Å². The fourth-order valence-electron chi connectivity index (χ4n) is 2.04. The lowest BCUT2D eigenvalue weighted by molar-refractivity contribution is -0.124. The van der Waals surface area contributed by atoms with E-state index in [4.69, 9.17) is 19.9 Å². The number of nitrogens with one attached hydrogen (secondary N) is 1. The molecule has 1 amide bonds. The Labute approximate surface area is 128 Å². The number of methoxy groups -OCH3 is 1. The molecule has 0 aromatic heterocycles. The van der Waals surface area contributed by atoms with E-state index in [9.17, 15) is 4.79 Å². The summed E-state index contributed by atoms with van der Waals surface area (Å²) < 4.78 is 15.7. The molecule has 6 heteroatoms. The molecule has 0 fully saturated rings. The number of rotatable bonds is 14. The van der Waals surface area contributed by atoms with Crippen molar-refractivity contribution in [3.63, 3.8) is 0 Å². The Hall–Kier alpha value is -0.690. The van der Waals surface area contributed by atoms with Crippen LogP contribution in [0.2, 0.25) is 0 Å². The molecule has 0 aromatic carbocycles. The monoisotopic (exact) mass is 304 g/mol. The molecule has 3 N–H and O–H groups in total. The Morgan fingerprint density at radius 3 is 2.19 bits per heavy atom. The van der Waals surface area contributed by atoms with Gasteiger partial charge in [-0.1, -0.05) is 0 Å². The van der Waals surface area contributed by atoms with Crippen LogP contribution >= 0.6 is 0 Å². The SMILES string of the molecule is COCCOCCCOCCCC(C)(NC(C)C)C(N)=O. The van der Waals surface area contributed by atoms with Gasteiger partial charge in [0.25, 0.3) is 0 Å². The van der Waals surface area contributed by atoms with E-state index >= 15 is 0 Å². The number of hydrogen-bond acceptors (Lipinski definition) is 5. The molecule has 0 spiro atoms. The van der Waals surface area contributed by atoms with Gasteiger partial charge in [-0.3, -0.25) is 4.79 Å². The van der Waals surface area contributed by atoms with Crippen molar-refractivity contribution in [2.24, 2.45) is 5.73 Å². The predicted molar refractivity (Wildman–Crippen MR) is 83.2 cm³/mol. The average molecular weight is 304 g/mol. The summed E-state index contributed by atoms with van der Waals surface area (Å²) in [5.41, 5.74) is 4.80. The van der Waals surface area contributed by atoms with Crippen LogP contribution in [0.5, 0.6) is 0 Å². The highest BCUT2D eigenvalue weighted by Crippen LogP contribution is 2.13. The molecule has 0 aliphatic carbocycles. The molecular formula is C15H32N2O4. The second-order valence-electron chi connectivity index (χ2n) is 5.67. The van der Waals surface area contributed by atoms with Gasteiger partial charge < -0.3 is 25.3 Å². The summed E-state index contributed by atoms with van der Waals surface area (Å²) >= 11 is 0. The van der Waals surface area contributed by atoms with Crippen LogP contribution < -0.4 is 11.1 Å². The molecule has 0 aromatic rings. The van der Waals surface area contributed by atoms with E-state index in [2.05, 4.69) is 5.32 Å². The number of primary amides is 1. The van der Waals surface area contributed by atoms with Crippen molar-refractivity contribution in [3.8, 4) is 0 Å². The third-order valence-corrected chi connectivity index (χ3v) is 3.13. The molecule has 21 heavy (non-hydrogen) atoms. The van der Waals surface area contributed by atoms with Crippen molar-refractivity contribution in [2.45, 2.75) is 51.6 Å². The molecule has 6 nitrogen and oxygen atoms in total. The Kier molecular flexibility index (Phi) is 11.5. The van der Waals surface area contributed by atoms with E-state index in [-0.39, 0.29) is 11.9 Å². The minimum absolute atomic E-state index is 0.215. The van der Waals surface area contributed by atoms with Crippen LogP contribution in [-0.2, 0) is 19.0 Å². The molecule has 0 saturated heterocycles. The minimum Gasteiger partial charge on any atom is -0.382 e. The maximum absolute atomic E-state index is 11.5. The van der Waals surface area contributed by atoms with E-state index in [1.165, 1.54) is 0 Å². The quantitative estimate of drug-likeness (QED) is 0.469. The molecule has 0 rings (SSSR count). The standard InChI is InChI=1S/C15H32N2O4/c1-13(2)17-15(3,14(16)18)7-5-8-20-9-6-10-21-12-11-19-4/h13,17H,5-12H2,1-4H3,(H2,16,18). The summed E-state index contributed by atoms with van der Waals surface area (Å²) in [5, 5.41) is 3.22. The van der Waals surface area contributed by atoms with Crippen molar-refractivity contribution < 1.29 is 19.0 Å². The van der Waals surface area contributed by atoms with Gasteiger partial charge in [0.15, 0.2) is 0 Å². The summed E-state index contributed by atoms with van der Waals surface area (Å²) in [6, 6.07) is 0.215. The molecule has 1 unspecified atom stereocenters. The van der Waals surface area contributed by atoms with Crippen LogP contribution in [0.3, 0.4) is 0 Å². The number of amides is 1. The number of ether oxygens (including phenoxy) is 3. The molecule has 0 radical (unpaired) electrons. The first kappa shape index (κ1) is 20.3. The normalized spacial score (nSPS) is 14.3. The van der Waals surface area contributed by atoms with Gasteiger partial charge in [0.1, 0.15) is 0 Å². The fraction of sp³-hybridized carbons (Fsp3) is 0.933. The lowest BCUT2D eigenvalue weighted by atomic mass is 9.94. The zero-order chi connectivity index (χ0) is 16.1. The summed E-state index contributed by atoms with van der Waals surface area (Å²) in [7, 11) is 1.65. The van der Waals surface area contributed by atoms with Gasteiger partial charge in [0.05, 0.1) is 18.8 Å². The van der Waals surface area contributed by atoms with Gasteiger partial charge in [-0.05, 0) is 40.0 Å². The summed E-state index contributed by atoms with van der Waals surface area (Å²) in [5.74, 6) is -0.317. The van der Waals surface area contributed by atoms with E-state index < -0.39 is 5.54 Å². The topological polar surface area (TPSA) is 82.8 Å². The van der Waals surface area contributed by atoms with Gasteiger partial charge in [0.2, 0.25) is 5.91 Å². The first-order valence-corrected chi connectivity index (χ1v) is 7.64. The van der Waals surface area contributed by atoms with Gasteiger partial charge in [-0.2, -0.15) is 0 Å². The number of carbonyl (C=O) groups excluding carboxylic acids is 1. The second kappa shape index (κ2) is 11.9. The zero-order valence-electron chi connectivity index (χ0n) is 13.9. The molecule has 0 heterocycles. The zero-order valence-corrected chi connectivity index (χ0v) is 13.9. The van der Waals surface area contributed by atoms with Crippen LogP contribution in [0.4, 0.5) is 0 Å². The third kappa shape index (κ3) is 10.6. The van der Waals surface area contributed by atoms with Crippen LogP contribution in [0.15, 0.2) is 0 Å². The van der Waals surface area contributed by atoms with Gasteiger partial charge >= 0.3 is 0 Å². The molecule has 1 atom stereocenters. The van der Waals surface area contributed by atoms with Gasteiger partial charge in [0, 0.05) is 33.0 Å². The van der Waals surface area contributed by atoms with Gasteiger partial charge in [-0.15, -0.1) is 0 Å². The number of carbonyl (C=O) groups is 1. The Morgan fingerprint density at radius 2 is 1.67 bits per heavy atom. The largest absolute Gasteiger partial charge is 0.382 e. The number of nitrogens with two attached hydrogens (primary N) is 1. The molecule has 0 saturated carbocycles. The van der Waals surface area contributed by atoms with Crippen LogP contribution in [0.25, 0.3) is 0 Å². The van der Waals surface area contributed by atoms with E-state index in [0.29, 0.717) is 39.5 Å². The molecule has 126 valence electrons. The van der Waals surface area contributed by atoms with E-state index in [0.717, 1.165) is 12.8 Å². The highest BCUT2D eigenvalue weighted by atomic mass is 16.5. The Balaban J connectivity index is 3.61. The summed E-state index contributed by atoms with van der Waals surface area (Å²) in [6.45, 7) is 9.06. The summed E-state index contributed by atoms with van der Waals surface area (Å²) in [4.78, 5) is 11.5. The maximum Gasteiger partial charge on any atom is 0.237 e. The van der Waals surface area contributed by atoms with Gasteiger partial charge in [-0.25, -0.2) is 0 Å². The van der Waals surface area contributed by atoms with Crippen LogP contribution in [0.1, 0.15) is 40.0 Å². The number of hydrogen-bond donors (Lipinski definition) is 2. The first-order chi connectivity index (χ1) is 9.92. The minimum atomic E-state index is -0.666. The lowest BCUT2D eigenvalue weighted by Crippen LogP contribution is -2.55. The van der Waals surface area contributed by atoms with Crippen molar-refractivity contribution >= 4 is 5.91 Å². The molecule has 0 aliphatic rings. The first-order valence-electron chi connectivity index (χ1n) is 7.64. The highest BCUT2D eigenvalue weighted by molar-refractivity contribution is 5.84. The van der Waals surface area contributed by atoms with Crippen molar-refractivity contribution in [1.29, 1.82) is 0 Å². The van der Waals surface area contributed by atoms with Crippen molar-refractivity contribution in [1.82, 2.24) is 5.32 Å².